The van der Waals surface area contributed by atoms with Gasteiger partial charge in [-0.3, -0.25) is 4.79 Å². The fraction of sp³-hybridized carbons (Fsp3) is 0.762. The van der Waals surface area contributed by atoms with E-state index in [9.17, 15) is 4.79 Å². The molecule has 0 saturated heterocycles. The Labute approximate surface area is 160 Å². The number of allylic oxidation sites excluding steroid dienone is 1. The molecule has 3 rings (SSSR count). The van der Waals surface area contributed by atoms with Crippen molar-refractivity contribution in [3.8, 4) is 0 Å². The normalized spacial score (nSPS) is 51.7. The number of halogens is 1. The number of rotatable bonds is 2. The van der Waals surface area contributed by atoms with E-state index >= 15 is 0 Å². The van der Waals surface area contributed by atoms with Gasteiger partial charge in [-0.05, 0) is 50.9 Å². The summed E-state index contributed by atoms with van der Waals surface area (Å²) in [7, 11) is 1.82. The molecule has 0 spiro atoms. The molecule has 3 aliphatic carbocycles. The SMILES string of the molecule is C=C[C@]1(C)C[C@H]2C(=C)C3(I)[C@H](OC)CC[C@@]3(CC[C@H]2C)[C@@H](C)C1=O. The smallest absolute Gasteiger partial charge is 0.145 e. The molecule has 0 aliphatic heterocycles. The van der Waals surface area contributed by atoms with E-state index in [1.807, 2.05) is 13.2 Å². The number of carbonyl (C=O) groups is 1. The lowest BCUT2D eigenvalue weighted by Crippen LogP contribution is -2.56. The summed E-state index contributed by atoms with van der Waals surface area (Å²) in [6.07, 6.45) is 7.29. The molecule has 2 bridgehead atoms. The van der Waals surface area contributed by atoms with E-state index in [0.717, 1.165) is 25.7 Å². The second kappa shape index (κ2) is 5.94. The van der Waals surface area contributed by atoms with Gasteiger partial charge in [0.2, 0.25) is 0 Å². The summed E-state index contributed by atoms with van der Waals surface area (Å²) < 4.78 is 5.82. The van der Waals surface area contributed by atoms with Crippen LogP contribution in [0.25, 0.3) is 0 Å². The number of Topliss-reactive ketones (excluding diaryl/α,β-unsaturated/α-hetero) is 1. The Balaban J connectivity index is 2.26. The van der Waals surface area contributed by atoms with Crippen LogP contribution in [0.4, 0.5) is 0 Å². The van der Waals surface area contributed by atoms with Gasteiger partial charge in [0.1, 0.15) is 5.78 Å². The Kier molecular flexibility index (Phi) is 4.61. The van der Waals surface area contributed by atoms with Crippen molar-refractivity contribution in [3.05, 3.63) is 24.8 Å². The van der Waals surface area contributed by atoms with E-state index in [1.54, 1.807) is 0 Å². The highest BCUT2D eigenvalue weighted by Crippen LogP contribution is 2.68. The predicted octanol–water partition coefficient (Wildman–Crippen LogP) is 5.36. The molecule has 0 N–H and O–H groups in total. The van der Waals surface area contributed by atoms with Gasteiger partial charge in [-0.1, -0.05) is 54.7 Å². The van der Waals surface area contributed by atoms with Gasteiger partial charge < -0.3 is 4.74 Å². The van der Waals surface area contributed by atoms with Gasteiger partial charge in [-0.15, -0.1) is 6.58 Å². The maximum atomic E-state index is 13.5. The fourth-order valence-electron chi connectivity index (χ4n) is 6.06. The van der Waals surface area contributed by atoms with Gasteiger partial charge in [-0.2, -0.15) is 0 Å². The van der Waals surface area contributed by atoms with Gasteiger partial charge in [0.25, 0.3) is 0 Å². The van der Waals surface area contributed by atoms with Crippen LogP contribution in [0.15, 0.2) is 24.8 Å². The third-order valence-corrected chi connectivity index (χ3v) is 10.3. The molecule has 3 aliphatic rings. The van der Waals surface area contributed by atoms with Crippen molar-refractivity contribution >= 4 is 28.4 Å². The number of carbonyl (C=O) groups excluding carboxylic acids is 1. The van der Waals surface area contributed by atoms with Crippen LogP contribution in [-0.2, 0) is 9.53 Å². The molecule has 0 radical (unpaired) electrons. The minimum atomic E-state index is -0.443. The van der Waals surface area contributed by atoms with Crippen LogP contribution in [-0.4, -0.2) is 22.4 Å². The van der Waals surface area contributed by atoms with Gasteiger partial charge in [0, 0.05) is 23.9 Å². The zero-order valence-electron chi connectivity index (χ0n) is 15.5. The van der Waals surface area contributed by atoms with Crippen molar-refractivity contribution in [2.75, 3.05) is 7.11 Å². The summed E-state index contributed by atoms with van der Waals surface area (Å²) in [5, 5.41) is 0. The van der Waals surface area contributed by atoms with Crippen LogP contribution >= 0.6 is 22.6 Å². The van der Waals surface area contributed by atoms with E-state index in [2.05, 4.69) is 56.5 Å². The molecule has 0 aromatic carbocycles. The summed E-state index contributed by atoms with van der Waals surface area (Å²) in [4.78, 5) is 13.5. The fourth-order valence-corrected chi connectivity index (χ4v) is 8.03. The third-order valence-electron chi connectivity index (χ3n) is 7.83. The average Bonchev–Trinajstić information content (AvgIpc) is 2.85. The maximum absolute atomic E-state index is 13.5. The first-order valence-corrected chi connectivity index (χ1v) is 10.3. The molecule has 0 aromatic heterocycles. The van der Waals surface area contributed by atoms with Gasteiger partial charge >= 0.3 is 0 Å². The molecule has 2 nitrogen and oxygen atoms in total. The van der Waals surface area contributed by atoms with E-state index in [1.165, 1.54) is 12.0 Å². The molecule has 3 saturated carbocycles. The number of fused-ring (bicyclic) bond motifs is 1. The summed E-state index contributed by atoms with van der Waals surface area (Å²) >= 11 is 2.64. The zero-order valence-corrected chi connectivity index (χ0v) is 17.7. The minimum Gasteiger partial charge on any atom is -0.380 e. The molecule has 7 atom stereocenters. The lowest BCUT2D eigenvalue weighted by molar-refractivity contribution is -0.135. The Morgan fingerprint density at radius 2 is 1.92 bits per heavy atom. The molecule has 0 aromatic rings. The average molecular weight is 442 g/mol. The Morgan fingerprint density at radius 3 is 2.50 bits per heavy atom. The number of hydrogen-bond acceptors (Lipinski definition) is 2. The molecule has 1 unspecified atom stereocenters. The number of methoxy groups -OCH3 is 1. The predicted molar refractivity (Wildman–Crippen MR) is 107 cm³/mol. The third kappa shape index (κ3) is 2.12. The van der Waals surface area contributed by atoms with Crippen LogP contribution in [0.3, 0.4) is 0 Å². The van der Waals surface area contributed by atoms with Crippen LogP contribution in [0.5, 0.6) is 0 Å². The van der Waals surface area contributed by atoms with Crippen LogP contribution in [0, 0.1) is 28.6 Å². The first kappa shape index (κ1) is 18.6. The summed E-state index contributed by atoms with van der Waals surface area (Å²) in [5.74, 6) is 1.31. The lowest BCUT2D eigenvalue weighted by atomic mass is 9.56. The molecule has 0 heterocycles. The zero-order chi connectivity index (χ0) is 17.9. The first-order chi connectivity index (χ1) is 11.2. The molecule has 3 heteroatoms. The van der Waals surface area contributed by atoms with Crippen molar-refractivity contribution in [1.82, 2.24) is 0 Å². The molecular formula is C21H31IO2. The number of ketones is 1. The van der Waals surface area contributed by atoms with Crippen LogP contribution in [0.2, 0.25) is 0 Å². The van der Waals surface area contributed by atoms with Gasteiger partial charge in [0.15, 0.2) is 0 Å². The molecule has 3 fully saturated rings. The minimum absolute atomic E-state index is 0.0144. The monoisotopic (exact) mass is 442 g/mol. The van der Waals surface area contributed by atoms with Crippen molar-refractivity contribution in [1.29, 1.82) is 0 Å². The second-order valence-corrected chi connectivity index (χ2v) is 10.4. The molecular weight excluding hydrogens is 411 g/mol. The quantitative estimate of drug-likeness (QED) is 0.327. The molecule has 134 valence electrons. The standard InChI is InChI=1S/C21H31IO2/c1-7-19(5)12-16-13(2)8-10-20(15(4)18(19)23)11-9-17(24-6)21(20,22)14(16)3/h7,13,15-17H,1,3,8-12H2,2,4-6H3/t13-,15+,16-,17-,19-,20+,21?/m1/s1. The highest BCUT2D eigenvalue weighted by Gasteiger charge is 2.67. The number of alkyl halides is 1. The van der Waals surface area contributed by atoms with E-state index < -0.39 is 5.41 Å². The number of ether oxygens (including phenoxy) is 1. The highest BCUT2D eigenvalue weighted by molar-refractivity contribution is 14.1. The van der Waals surface area contributed by atoms with Crippen molar-refractivity contribution in [2.45, 2.75) is 62.4 Å². The maximum Gasteiger partial charge on any atom is 0.145 e. The van der Waals surface area contributed by atoms with Gasteiger partial charge in [0.05, 0.1) is 9.53 Å². The molecule has 24 heavy (non-hydrogen) atoms. The molecule has 0 amide bonds. The second-order valence-electron chi connectivity index (χ2n) is 8.69. The van der Waals surface area contributed by atoms with Crippen LogP contribution in [0.1, 0.15) is 52.9 Å². The Hall–Kier alpha value is -0.160. The van der Waals surface area contributed by atoms with Crippen molar-refractivity contribution in [3.63, 3.8) is 0 Å². The van der Waals surface area contributed by atoms with Gasteiger partial charge in [-0.25, -0.2) is 0 Å². The summed E-state index contributed by atoms with van der Waals surface area (Å²) in [6, 6.07) is 0. The first-order valence-electron chi connectivity index (χ1n) is 9.27. The number of hydrogen-bond donors (Lipinski definition) is 0. The Bertz CT molecular complexity index is 584. The van der Waals surface area contributed by atoms with E-state index in [4.69, 9.17) is 4.74 Å². The Morgan fingerprint density at radius 1 is 1.29 bits per heavy atom. The van der Waals surface area contributed by atoms with Crippen LogP contribution < -0.4 is 0 Å². The summed E-state index contributed by atoms with van der Waals surface area (Å²) in [6.45, 7) is 15.3. The van der Waals surface area contributed by atoms with E-state index in [-0.39, 0.29) is 20.9 Å². The van der Waals surface area contributed by atoms with Crippen molar-refractivity contribution < 1.29 is 9.53 Å². The summed E-state index contributed by atoms with van der Waals surface area (Å²) in [5.41, 5.74) is 0.850. The largest absolute Gasteiger partial charge is 0.380 e. The van der Waals surface area contributed by atoms with Crippen molar-refractivity contribution in [2.24, 2.45) is 28.6 Å². The van der Waals surface area contributed by atoms with E-state index in [0.29, 0.717) is 17.6 Å². The topological polar surface area (TPSA) is 26.3 Å². The highest BCUT2D eigenvalue weighted by atomic mass is 127. The lowest BCUT2D eigenvalue weighted by Gasteiger charge is -2.52.